The van der Waals surface area contributed by atoms with Gasteiger partial charge in [0.1, 0.15) is 0 Å². The summed E-state index contributed by atoms with van der Waals surface area (Å²) in [6.45, 7) is 6.59. The highest BCUT2D eigenvalue weighted by Crippen LogP contribution is 2.20. The lowest BCUT2D eigenvalue weighted by Crippen LogP contribution is -2.51. The number of para-hydroxylation sites is 1. The zero-order valence-corrected chi connectivity index (χ0v) is 16.2. The van der Waals surface area contributed by atoms with E-state index >= 15 is 0 Å². The fourth-order valence-electron chi connectivity index (χ4n) is 3.68. The van der Waals surface area contributed by atoms with E-state index in [-0.39, 0.29) is 24.1 Å². The Balaban J connectivity index is 1.45. The molecule has 0 saturated carbocycles. The van der Waals surface area contributed by atoms with Crippen LogP contribution in [0.15, 0.2) is 30.5 Å². The number of ether oxygens (including phenoxy) is 2. The fraction of sp³-hybridized carbons (Fsp3) is 0.524. The summed E-state index contributed by atoms with van der Waals surface area (Å²) in [6, 6.07) is 8.11. The maximum atomic E-state index is 12.5. The van der Waals surface area contributed by atoms with E-state index < -0.39 is 6.10 Å². The number of benzene rings is 1. The summed E-state index contributed by atoms with van der Waals surface area (Å²) in [5, 5.41) is 1.19. The number of aromatic amines is 1. The van der Waals surface area contributed by atoms with Gasteiger partial charge in [0.05, 0.1) is 12.2 Å². The van der Waals surface area contributed by atoms with Crippen LogP contribution in [0.2, 0.25) is 0 Å². The van der Waals surface area contributed by atoms with Gasteiger partial charge in [0.25, 0.3) is 5.91 Å². The maximum Gasteiger partial charge on any atom is 0.306 e. The Morgan fingerprint density at radius 2 is 1.96 bits per heavy atom. The molecule has 2 aromatic rings. The van der Waals surface area contributed by atoms with Crippen molar-refractivity contribution in [2.45, 2.75) is 58.3 Å². The maximum absolute atomic E-state index is 12.5. The average Bonchev–Trinajstić information content (AvgIpc) is 3.03. The van der Waals surface area contributed by atoms with E-state index in [9.17, 15) is 9.59 Å². The molecule has 0 spiro atoms. The predicted molar refractivity (Wildman–Crippen MR) is 103 cm³/mol. The van der Waals surface area contributed by atoms with Gasteiger partial charge in [-0.25, -0.2) is 0 Å². The van der Waals surface area contributed by atoms with Crippen LogP contribution >= 0.6 is 0 Å². The second kappa shape index (κ2) is 8.57. The minimum Gasteiger partial charge on any atom is -0.453 e. The van der Waals surface area contributed by atoms with Crippen molar-refractivity contribution in [1.82, 2.24) is 9.88 Å². The summed E-state index contributed by atoms with van der Waals surface area (Å²) in [5.41, 5.74) is 2.29. The van der Waals surface area contributed by atoms with Crippen molar-refractivity contribution < 1.29 is 19.1 Å². The van der Waals surface area contributed by atoms with Gasteiger partial charge in [0, 0.05) is 36.6 Å². The predicted octanol–water partition coefficient (Wildman–Crippen LogP) is 3.06. The molecule has 1 aromatic carbocycles. The minimum atomic E-state index is -0.761. The number of aryl methyl sites for hydroxylation is 1. The summed E-state index contributed by atoms with van der Waals surface area (Å²) in [5.74, 6) is -0.480. The first-order chi connectivity index (χ1) is 12.9. The van der Waals surface area contributed by atoms with E-state index in [0.29, 0.717) is 25.9 Å². The molecule has 1 saturated heterocycles. The number of hydrogen-bond acceptors (Lipinski definition) is 4. The summed E-state index contributed by atoms with van der Waals surface area (Å²) in [6.07, 6.45) is 3.00. The number of nitrogens with one attached hydrogen (secondary N) is 1. The van der Waals surface area contributed by atoms with Crippen LogP contribution < -0.4 is 0 Å². The minimum absolute atomic E-state index is 0.00299. The van der Waals surface area contributed by atoms with Gasteiger partial charge in [-0.1, -0.05) is 18.2 Å². The standard InChI is InChI=1S/C21H28N2O4/c1-14-12-23(13-15(2)26-14)21(25)16(3)27-20(24)10-6-7-17-11-22-19-9-5-4-8-18(17)19/h4-5,8-9,11,14-16,22H,6-7,10,12-13H2,1-3H3. The molecule has 0 aliphatic carbocycles. The zero-order chi connectivity index (χ0) is 19.4. The van der Waals surface area contributed by atoms with E-state index in [1.807, 2.05) is 38.2 Å². The van der Waals surface area contributed by atoms with Crippen LogP contribution in [0.1, 0.15) is 39.2 Å². The Kier molecular flexibility index (Phi) is 6.16. The molecule has 3 rings (SSSR count). The number of carbonyl (C=O) groups is 2. The monoisotopic (exact) mass is 372 g/mol. The zero-order valence-electron chi connectivity index (χ0n) is 16.2. The molecular formula is C21H28N2O4. The number of hydrogen-bond donors (Lipinski definition) is 1. The Bertz CT molecular complexity index is 790. The Morgan fingerprint density at radius 1 is 1.26 bits per heavy atom. The number of esters is 1. The number of aromatic nitrogens is 1. The topological polar surface area (TPSA) is 71.6 Å². The van der Waals surface area contributed by atoms with E-state index in [0.717, 1.165) is 11.9 Å². The number of morpholine rings is 1. The largest absolute Gasteiger partial charge is 0.453 e. The molecule has 0 radical (unpaired) electrons. The van der Waals surface area contributed by atoms with Crippen LogP contribution in [0.3, 0.4) is 0 Å². The van der Waals surface area contributed by atoms with Crippen molar-refractivity contribution in [1.29, 1.82) is 0 Å². The summed E-state index contributed by atoms with van der Waals surface area (Å²) in [7, 11) is 0. The highest BCUT2D eigenvalue weighted by molar-refractivity contribution is 5.84. The van der Waals surface area contributed by atoms with E-state index in [2.05, 4.69) is 11.1 Å². The number of fused-ring (bicyclic) bond motifs is 1. The van der Waals surface area contributed by atoms with E-state index in [1.165, 1.54) is 10.9 Å². The van der Waals surface area contributed by atoms with Gasteiger partial charge in [-0.3, -0.25) is 9.59 Å². The Hall–Kier alpha value is -2.34. The number of rotatable bonds is 6. The number of nitrogens with zero attached hydrogens (tertiary/aromatic N) is 1. The molecule has 0 bridgehead atoms. The molecule has 6 heteroatoms. The summed E-state index contributed by atoms with van der Waals surface area (Å²) in [4.78, 5) is 29.6. The molecule has 27 heavy (non-hydrogen) atoms. The fourth-order valence-corrected chi connectivity index (χ4v) is 3.68. The van der Waals surface area contributed by atoms with Crippen molar-refractivity contribution in [3.8, 4) is 0 Å². The average molecular weight is 372 g/mol. The van der Waals surface area contributed by atoms with E-state index in [4.69, 9.17) is 9.47 Å². The lowest BCUT2D eigenvalue weighted by atomic mass is 10.1. The molecule has 3 unspecified atom stereocenters. The second-order valence-corrected chi connectivity index (χ2v) is 7.35. The van der Waals surface area contributed by atoms with Gasteiger partial charge >= 0.3 is 5.97 Å². The second-order valence-electron chi connectivity index (χ2n) is 7.35. The molecule has 1 amide bonds. The van der Waals surface area contributed by atoms with Gasteiger partial charge in [0.15, 0.2) is 6.10 Å². The lowest BCUT2D eigenvalue weighted by molar-refractivity contribution is -0.164. The lowest BCUT2D eigenvalue weighted by Gasteiger charge is -2.36. The highest BCUT2D eigenvalue weighted by Gasteiger charge is 2.30. The van der Waals surface area contributed by atoms with Crippen molar-refractivity contribution in [3.63, 3.8) is 0 Å². The van der Waals surface area contributed by atoms with Gasteiger partial charge in [0.2, 0.25) is 0 Å². The molecule has 6 nitrogen and oxygen atoms in total. The Labute approximate surface area is 159 Å². The first-order valence-corrected chi connectivity index (χ1v) is 9.62. The number of H-pyrrole nitrogens is 1. The van der Waals surface area contributed by atoms with Crippen molar-refractivity contribution >= 4 is 22.8 Å². The van der Waals surface area contributed by atoms with Crippen LogP contribution in [-0.2, 0) is 25.5 Å². The Morgan fingerprint density at radius 3 is 2.70 bits per heavy atom. The van der Waals surface area contributed by atoms with Gasteiger partial charge < -0.3 is 19.4 Å². The van der Waals surface area contributed by atoms with Crippen LogP contribution in [0.25, 0.3) is 10.9 Å². The van der Waals surface area contributed by atoms with Crippen molar-refractivity contribution in [3.05, 3.63) is 36.0 Å². The molecule has 2 heterocycles. The van der Waals surface area contributed by atoms with Gasteiger partial charge in [-0.05, 0) is 45.2 Å². The third-order valence-electron chi connectivity index (χ3n) is 4.89. The van der Waals surface area contributed by atoms with Crippen LogP contribution in [0.4, 0.5) is 0 Å². The molecule has 1 fully saturated rings. The molecule has 1 aliphatic rings. The third-order valence-corrected chi connectivity index (χ3v) is 4.89. The van der Waals surface area contributed by atoms with Crippen molar-refractivity contribution in [2.75, 3.05) is 13.1 Å². The quantitative estimate of drug-likeness (QED) is 0.791. The first kappa shape index (κ1) is 19.4. The van der Waals surface area contributed by atoms with Crippen LogP contribution in [0.5, 0.6) is 0 Å². The normalized spacial score (nSPS) is 21.2. The molecule has 1 aromatic heterocycles. The number of carbonyl (C=O) groups excluding carboxylic acids is 2. The van der Waals surface area contributed by atoms with Crippen LogP contribution in [0, 0.1) is 0 Å². The smallest absolute Gasteiger partial charge is 0.306 e. The first-order valence-electron chi connectivity index (χ1n) is 9.62. The highest BCUT2D eigenvalue weighted by atomic mass is 16.5. The van der Waals surface area contributed by atoms with Gasteiger partial charge in [-0.2, -0.15) is 0 Å². The van der Waals surface area contributed by atoms with Crippen LogP contribution in [-0.4, -0.2) is 53.2 Å². The SMILES string of the molecule is CC1CN(C(=O)C(C)OC(=O)CCCc2c[nH]c3ccccc23)CC(C)O1. The van der Waals surface area contributed by atoms with Crippen molar-refractivity contribution in [2.24, 2.45) is 0 Å². The van der Waals surface area contributed by atoms with Gasteiger partial charge in [-0.15, -0.1) is 0 Å². The molecule has 1 N–H and O–H groups in total. The van der Waals surface area contributed by atoms with E-state index in [1.54, 1.807) is 11.8 Å². The molecule has 3 atom stereocenters. The molecular weight excluding hydrogens is 344 g/mol. The summed E-state index contributed by atoms with van der Waals surface area (Å²) < 4.78 is 11.0. The number of amides is 1. The summed E-state index contributed by atoms with van der Waals surface area (Å²) >= 11 is 0. The third kappa shape index (κ3) is 4.89. The molecule has 1 aliphatic heterocycles. The molecule has 146 valence electrons.